The van der Waals surface area contributed by atoms with Gasteiger partial charge in [-0.3, -0.25) is 24.0 Å². The van der Waals surface area contributed by atoms with Gasteiger partial charge >= 0.3 is 0 Å². The van der Waals surface area contributed by atoms with E-state index < -0.39 is 65.6 Å². The van der Waals surface area contributed by atoms with Gasteiger partial charge in [0.15, 0.2) is 11.5 Å². The molecule has 5 amide bonds. The molecule has 0 aromatic heterocycles. The third kappa shape index (κ3) is 7.31. The van der Waals surface area contributed by atoms with Crippen molar-refractivity contribution in [1.82, 2.24) is 20.9 Å². The summed E-state index contributed by atoms with van der Waals surface area (Å²) < 4.78 is 0. The highest BCUT2D eigenvalue weighted by molar-refractivity contribution is 5.95. The zero-order valence-corrected chi connectivity index (χ0v) is 20.4. The Morgan fingerprint density at radius 3 is 2.28 bits per heavy atom. The van der Waals surface area contributed by atoms with Crippen LogP contribution in [0.2, 0.25) is 0 Å². The monoisotopic (exact) mass is 507 g/mol. The average Bonchev–Trinajstić information content (AvgIpc) is 3.28. The van der Waals surface area contributed by atoms with Crippen LogP contribution in [0.3, 0.4) is 0 Å². The van der Waals surface area contributed by atoms with E-state index in [1.54, 1.807) is 0 Å². The van der Waals surface area contributed by atoms with Gasteiger partial charge in [0, 0.05) is 19.9 Å². The molecule has 1 aliphatic rings. The number of carbonyl (C=O) groups excluding carboxylic acids is 5. The third-order valence-electron chi connectivity index (χ3n) is 5.84. The molecule has 0 aliphatic carbocycles. The number of aliphatic hydroxyl groups is 1. The number of nitrogens with two attached hydrogens (primary N) is 1. The maximum atomic E-state index is 13.2. The summed E-state index contributed by atoms with van der Waals surface area (Å²) in [6.45, 7) is 4.16. The van der Waals surface area contributed by atoms with E-state index in [9.17, 15) is 39.3 Å². The van der Waals surface area contributed by atoms with Crippen LogP contribution in [0, 0.1) is 0 Å². The highest BCUT2D eigenvalue weighted by Gasteiger charge is 2.39. The van der Waals surface area contributed by atoms with Crippen molar-refractivity contribution in [3.05, 3.63) is 23.8 Å². The third-order valence-corrected chi connectivity index (χ3v) is 5.84. The van der Waals surface area contributed by atoms with Crippen molar-refractivity contribution in [2.24, 2.45) is 5.73 Å². The molecule has 1 fully saturated rings. The number of hydrogen-bond donors (Lipinski definition) is 7. The molecule has 0 spiro atoms. The van der Waals surface area contributed by atoms with Crippen molar-refractivity contribution < 1.29 is 39.3 Å². The fourth-order valence-corrected chi connectivity index (χ4v) is 3.96. The van der Waals surface area contributed by atoms with Crippen LogP contribution in [0.5, 0.6) is 11.5 Å². The topological polar surface area (TPSA) is 211 Å². The molecule has 198 valence electrons. The molecule has 5 atom stereocenters. The van der Waals surface area contributed by atoms with Crippen molar-refractivity contribution in [3.8, 4) is 11.5 Å². The van der Waals surface area contributed by atoms with Gasteiger partial charge in [0.2, 0.25) is 29.5 Å². The Labute approximate surface area is 208 Å². The van der Waals surface area contributed by atoms with E-state index in [1.165, 1.54) is 43.9 Å². The van der Waals surface area contributed by atoms with Crippen LogP contribution in [0.4, 0.5) is 0 Å². The van der Waals surface area contributed by atoms with E-state index in [1.807, 2.05) is 0 Å². The largest absolute Gasteiger partial charge is 0.504 e. The standard InChI is InChI=1S/C23H33N5O8/c1-11(25-13(3)30)21(34)26-15(9-14-6-7-17(31)18(32)10-14)22(35)27-19(12(2)29)23(36)28-8-4-5-16(28)20(24)33/h6-7,10-12,15-16,19,29,31-32H,4-5,8-9H2,1-3H3,(H2,24,33)(H,25,30)(H,26,34)(H,27,35)/t11-,12+,15-,16-,19-/m0/s1. The summed E-state index contributed by atoms with van der Waals surface area (Å²) >= 11 is 0. The van der Waals surface area contributed by atoms with Crippen LogP contribution in [-0.4, -0.2) is 86.6 Å². The molecule has 36 heavy (non-hydrogen) atoms. The normalized spacial score (nSPS) is 18.4. The predicted octanol–water partition coefficient (Wildman–Crippen LogP) is -2.01. The second-order valence-electron chi connectivity index (χ2n) is 8.83. The van der Waals surface area contributed by atoms with Crippen molar-refractivity contribution in [3.63, 3.8) is 0 Å². The minimum atomic E-state index is -1.43. The summed E-state index contributed by atoms with van der Waals surface area (Å²) in [7, 11) is 0. The van der Waals surface area contributed by atoms with E-state index in [-0.39, 0.29) is 18.7 Å². The molecular formula is C23H33N5O8. The molecular weight excluding hydrogens is 474 g/mol. The van der Waals surface area contributed by atoms with Crippen molar-refractivity contribution >= 4 is 29.5 Å². The Bertz CT molecular complexity index is 1010. The van der Waals surface area contributed by atoms with Gasteiger partial charge in [0.25, 0.3) is 0 Å². The van der Waals surface area contributed by atoms with Crippen molar-refractivity contribution in [1.29, 1.82) is 0 Å². The molecule has 1 heterocycles. The molecule has 1 aromatic carbocycles. The van der Waals surface area contributed by atoms with Gasteiger partial charge in [0.05, 0.1) is 6.10 Å². The molecule has 8 N–H and O–H groups in total. The zero-order valence-electron chi connectivity index (χ0n) is 20.4. The number of hydrogen-bond acceptors (Lipinski definition) is 8. The number of aromatic hydroxyl groups is 2. The van der Waals surface area contributed by atoms with Gasteiger partial charge in [-0.15, -0.1) is 0 Å². The van der Waals surface area contributed by atoms with Crippen LogP contribution >= 0.6 is 0 Å². The lowest BCUT2D eigenvalue weighted by atomic mass is 10.0. The SMILES string of the molecule is CC(=O)N[C@@H](C)C(=O)N[C@@H](Cc1ccc(O)c(O)c1)C(=O)N[C@H](C(=O)N1CCC[C@H]1C(N)=O)[C@@H](C)O. The molecule has 0 unspecified atom stereocenters. The molecule has 13 heteroatoms. The van der Waals surface area contributed by atoms with E-state index in [0.717, 1.165) is 0 Å². The van der Waals surface area contributed by atoms with E-state index in [4.69, 9.17) is 5.73 Å². The van der Waals surface area contributed by atoms with Gasteiger partial charge in [-0.2, -0.15) is 0 Å². The van der Waals surface area contributed by atoms with Gasteiger partial charge in [0.1, 0.15) is 24.2 Å². The van der Waals surface area contributed by atoms with Gasteiger partial charge in [-0.25, -0.2) is 0 Å². The first kappa shape index (κ1) is 28.4. The van der Waals surface area contributed by atoms with Crippen molar-refractivity contribution in [2.75, 3.05) is 6.54 Å². The van der Waals surface area contributed by atoms with Crippen LogP contribution in [0.15, 0.2) is 18.2 Å². The molecule has 0 saturated carbocycles. The van der Waals surface area contributed by atoms with Crippen LogP contribution in [0.25, 0.3) is 0 Å². The van der Waals surface area contributed by atoms with E-state index in [0.29, 0.717) is 18.4 Å². The number of nitrogens with one attached hydrogen (secondary N) is 3. The first-order valence-corrected chi connectivity index (χ1v) is 11.5. The lowest BCUT2D eigenvalue weighted by Gasteiger charge is -2.30. The molecule has 0 bridgehead atoms. The summed E-state index contributed by atoms with van der Waals surface area (Å²) in [4.78, 5) is 63.2. The summed E-state index contributed by atoms with van der Waals surface area (Å²) in [6.07, 6.45) is -0.606. The minimum absolute atomic E-state index is 0.160. The Morgan fingerprint density at radius 1 is 1.06 bits per heavy atom. The number of likely N-dealkylation sites (tertiary alicyclic amines) is 1. The Hall–Kier alpha value is -3.87. The number of aliphatic hydroxyl groups excluding tert-OH is 1. The van der Waals surface area contributed by atoms with E-state index in [2.05, 4.69) is 16.0 Å². The fraction of sp³-hybridized carbons (Fsp3) is 0.522. The Kier molecular flexibility index (Phi) is 9.61. The van der Waals surface area contributed by atoms with Gasteiger partial charge in [-0.1, -0.05) is 6.07 Å². The molecule has 0 radical (unpaired) electrons. The van der Waals surface area contributed by atoms with E-state index >= 15 is 0 Å². The number of rotatable bonds is 10. The summed E-state index contributed by atoms with van der Waals surface area (Å²) in [5, 5.41) is 36.9. The second kappa shape index (κ2) is 12.2. The maximum Gasteiger partial charge on any atom is 0.248 e. The Balaban J connectivity index is 2.27. The van der Waals surface area contributed by atoms with Crippen LogP contribution in [-0.2, 0) is 30.4 Å². The van der Waals surface area contributed by atoms with Gasteiger partial charge < -0.3 is 41.9 Å². The predicted molar refractivity (Wildman–Crippen MR) is 126 cm³/mol. The van der Waals surface area contributed by atoms with Gasteiger partial charge in [-0.05, 0) is 44.4 Å². The number of nitrogens with zero attached hydrogens (tertiary/aromatic N) is 1. The number of benzene rings is 1. The fourth-order valence-electron chi connectivity index (χ4n) is 3.96. The first-order valence-electron chi connectivity index (χ1n) is 11.5. The Morgan fingerprint density at radius 2 is 1.72 bits per heavy atom. The van der Waals surface area contributed by atoms with Crippen LogP contribution < -0.4 is 21.7 Å². The minimum Gasteiger partial charge on any atom is -0.504 e. The maximum absolute atomic E-state index is 13.2. The highest BCUT2D eigenvalue weighted by Crippen LogP contribution is 2.25. The summed E-state index contributed by atoms with van der Waals surface area (Å²) in [5.74, 6) is -4.19. The smallest absolute Gasteiger partial charge is 0.248 e. The first-order chi connectivity index (χ1) is 16.8. The molecule has 1 saturated heterocycles. The quantitative estimate of drug-likeness (QED) is 0.175. The lowest BCUT2D eigenvalue weighted by Crippen LogP contribution is -2.60. The van der Waals surface area contributed by atoms with Crippen molar-refractivity contribution in [2.45, 2.75) is 70.3 Å². The molecule has 1 aliphatic heterocycles. The summed E-state index contributed by atoms with van der Waals surface area (Å²) in [5.41, 5.74) is 5.75. The second-order valence-corrected chi connectivity index (χ2v) is 8.83. The molecule has 1 aromatic rings. The molecule has 13 nitrogen and oxygen atoms in total. The number of carbonyl (C=O) groups is 5. The number of phenolic OH excluding ortho intramolecular Hbond substituents is 2. The highest BCUT2D eigenvalue weighted by atomic mass is 16.3. The molecule has 2 rings (SSSR count). The number of primary amides is 1. The lowest BCUT2D eigenvalue weighted by molar-refractivity contribution is -0.143. The van der Waals surface area contributed by atoms with Crippen LogP contribution in [0.1, 0.15) is 39.2 Å². The zero-order chi connectivity index (χ0) is 27.2. The number of phenols is 2. The summed E-state index contributed by atoms with van der Waals surface area (Å²) in [6, 6.07) is -0.725. The number of amides is 5. The average molecular weight is 508 g/mol.